The van der Waals surface area contributed by atoms with Crippen LogP contribution in [-0.2, 0) is 14.4 Å². The molecule has 0 unspecified atom stereocenters. The number of amides is 4. The largest absolute Gasteiger partial charge is 0.480 e. The van der Waals surface area contributed by atoms with Gasteiger partial charge in [0.05, 0.1) is 6.42 Å². The Bertz CT molecular complexity index is 372. The maximum Gasteiger partial charge on any atom is 0.326 e. The van der Waals surface area contributed by atoms with Crippen LogP contribution in [0.3, 0.4) is 0 Å². The van der Waals surface area contributed by atoms with E-state index in [-0.39, 0.29) is 18.9 Å². The number of carboxylic acid groups (broad SMARTS) is 1. The van der Waals surface area contributed by atoms with E-state index in [1.165, 1.54) is 0 Å². The summed E-state index contributed by atoms with van der Waals surface area (Å²) in [5.41, 5.74) is 4.87. The molecule has 0 radical (unpaired) electrons. The summed E-state index contributed by atoms with van der Waals surface area (Å²) in [6.45, 7) is 2.53. The van der Waals surface area contributed by atoms with Crippen LogP contribution >= 0.6 is 0 Å². The Hall–Kier alpha value is -2.32. The van der Waals surface area contributed by atoms with Crippen LogP contribution in [0.4, 0.5) is 4.79 Å². The van der Waals surface area contributed by atoms with Gasteiger partial charge >= 0.3 is 12.0 Å². The second kappa shape index (κ2) is 9.59. The van der Waals surface area contributed by atoms with Crippen molar-refractivity contribution in [2.45, 2.75) is 32.2 Å². The minimum atomic E-state index is -1.39. The first-order valence-electron chi connectivity index (χ1n) is 6.19. The van der Waals surface area contributed by atoms with E-state index in [1.807, 2.05) is 6.92 Å². The SMILES string of the molecule is CCCNC(=O)CCNC(=O)N[C@H](CC(N)=O)C(=O)O. The topological polar surface area (TPSA) is 151 Å². The number of rotatable bonds is 9. The molecule has 0 bridgehead atoms. The summed E-state index contributed by atoms with van der Waals surface area (Å²) in [6.07, 6.45) is 0.397. The molecule has 0 spiro atoms. The number of carbonyl (C=O) groups is 4. The predicted octanol–water partition coefficient (Wildman–Crippen LogP) is -1.47. The van der Waals surface area contributed by atoms with Gasteiger partial charge in [-0.05, 0) is 6.42 Å². The van der Waals surface area contributed by atoms with Gasteiger partial charge in [0.2, 0.25) is 11.8 Å². The first kappa shape index (κ1) is 17.7. The highest BCUT2D eigenvalue weighted by Crippen LogP contribution is 1.91. The zero-order valence-corrected chi connectivity index (χ0v) is 11.3. The molecule has 0 aromatic rings. The summed E-state index contributed by atoms with van der Waals surface area (Å²) < 4.78 is 0. The van der Waals surface area contributed by atoms with Crippen molar-refractivity contribution >= 4 is 23.8 Å². The molecule has 0 aromatic heterocycles. The molecule has 0 saturated carbocycles. The third-order valence-corrected chi connectivity index (χ3v) is 2.22. The minimum absolute atomic E-state index is 0.0598. The number of urea groups is 1. The highest BCUT2D eigenvalue weighted by Gasteiger charge is 2.21. The van der Waals surface area contributed by atoms with Crippen LogP contribution < -0.4 is 21.7 Å². The van der Waals surface area contributed by atoms with Gasteiger partial charge in [-0.2, -0.15) is 0 Å². The summed E-state index contributed by atoms with van der Waals surface area (Å²) in [6, 6.07) is -2.16. The van der Waals surface area contributed by atoms with Crippen molar-refractivity contribution in [3.8, 4) is 0 Å². The molecule has 114 valence electrons. The van der Waals surface area contributed by atoms with Crippen molar-refractivity contribution in [2.24, 2.45) is 5.73 Å². The van der Waals surface area contributed by atoms with Crippen molar-refractivity contribution in [3.63, 3.8) is 0 Å². The number of primary amides is 1. The fourth-order valence-electron chi connectivity index (χ4n) is 1.25. The molecule has 4 amide bonds. The van der Waals surface area contributed by atoms with E-state index in [0.717, 1.165) is 6.42 Å². The first-order chi connectivity index (χ1) is 9.36. The van der Waals surface area contributed by atoms with Gasteiger partial charge < -0.3 is 26.8 Å². The predicted molar refractivity (Wildman–Crippen MR) is 69.7 cm³/mol. The number of aliphatic carboxylic acids is 1. The normalized spacial score (nSPS) is 11.2. The highest BCUT2D eigenvalue weighted by atomic mass is 16.4. The molecule has 0 heterocycles. The molecular formula is C11H20N4O5. The molecule has 6 N–H and O–H groups in total. The lowest BCUT2D eigenvalue weighted by Gasteiger charge is -2.13. The van der Waals surface area contributed by atoms with E-state index in [1.54, 1.807) is 0 Å². The van der Waals surface area contributed by atoms with E-state index < -0.39 is 30.4 Å². The highest BCUT2D eigenvalue weighted by molar-refractivity contribution is 5.87. The molecule has 0 rings (SSSR count). The van der Waals surface area contributed by atoms with Crippen LogP contribution in [0.2, 0.25) is 0 Å². The molecule has 9 nitrogen and oxygen atoms in total. The average molecular weight is 288 g/mol. The van der Waals surface area contributed by atoms with E-state index in [2.05, 4.69) is 16.0 Å². The summed E-state index contributed by atoms with van der Waals surface area (Å²) >= 11 is 0. The standard InChI is InChI=1S/C11H20N4O5/c1-2-4-13-9(17)3-5-14-11(20)15-7(10(18)19)6-8(12)16/h7H,2-6H2,1H3,(H2,12,16)(H,13,17)(H,18,19)(H2,14,15,20)/t7-/m1/s1. The second-order valence-electron chi connectivity index (χ2n) is 4.06. The molecule has 0 aliphatic heterocycles. The lowest BCUT2D eigenvalue weighted by atomic mass is 10.2. The van der Waals surface area contributed by atoms with Crippen LogP contribution in [0.15, 0.2) is 0 Å². The minimum Gasteiger partial charge on any atom is -0.480 e. The fraction of sp³-hybridized carbons (Fsp3) is 0.636. The van der Waals surface area contributed by atoms with E-state index >= 15 is 0 Å². The summed E-state index contributed by atoms with van der Waals surface area (Å²) in [4.78, 5) is 44.0. The van der Waals surface area contributed by atoms with E-state index in [4.69, 9.17) is 10.8 Å². The maximum absolute atomic E-state index is 11.4. The van der Waals surface area contributed by atoms with E-state index in [9.17, 15) is 19.2 Å². The number of hydrogen-bond donors (Lipinski definition) is 5. The van der Waals surface area contributed by atoms with Crippen molar-refractivity contribution in [3.05, 3.63) is 0 Å². The lowest BCUT2D eigenvalue weighted by molar-refractivity contribution is -0.140. The van der Waals surface area contributed by atoms with Crippen molar-refractivity contribution in [2.75, 3.05) is 13.1 Å². The van der Waals surface area contributed by atoms with Gasteiger partial charge in [0.1, 0.15) is 6.04 Å². The van der Waals surface area contributed by atoms with Crippen LogP contribution in [0.25, 0.3) is 0 Å². The molecule has 20 heavy (non-hydrogen) atoms. The van der Waals surface area contributed by atoms with Crippen molar-refractivity contribution in [1.82, 2.24) is 16.0 Å². The molecule has 0 saturated heterocycles. The molecule has 9 heteroatoms. The van der Waals surface area contributed by atoms with Crippen molar-refractivity contribution < 1.29 is 24.3 Å². The maximum atomic E-state index is 11.4. The number of hydrogen-bond acceptors (Lipinski definition) is 4. The number of nitrogens with one attached hydrogen (secondary N) is 3. The van der Waals surface area contributed by atoms with Gasteiger partial charge in [-0.15, -0.1) is 0 Å². The van der Waals surface area contributed by atoms with Gasteiger partial charge in [-0.3, -0.25) is 9.59 Å². The van der Waals surface area contributed by atoms with Gasteiger partial charge in [0.15, 0.2) is 0 Å². The molecule has 0 aromatic carbocycles. The lowest BCUT2D eigenvalue weighted by Crippen LogP contribution is -2.48. The van der Waals surface area contributed by atoms with Gasteiger partial charge in [-0.25, -0.2) is 9.59 Å². The number of carbonyl (C=O) groups excluding carboxylic acids is 3. The summed E-state index contributed by atoms with van der Waals surface area (Å²) in [5.74, 6) is -2.41. The van der Waals surface area contributed by atoms with Crippen LogP contribution in [0.5, 0.6) is 0 Å². The van der Waals surface area contributed by atoms with E-state index in [0.29, 0.717) is 6.54 Å². The van der Waals surface area contributed by atoms with Gasteiger partial charge in [0.25, 0.3) is 0 Å². The van der Waals surface area contributed by atoms with Crippen molar-refractivity contribution in [1.29, 1.82) is 0 Å². The number of nitrogens with two attached hydrogens (primary N) is 1. The Labute approximate surface area is 116 Å². The Morgan fingerprint density at radius 2 is 1.80 bits per heavy atom. The monoisotopic (exact) mass is 288 g/mol. The van der Waals surface area contributed by atoms with Crippen LogP contribution in [0, 0.1) is 0 Å². The molecule has 0 fully saturated rings. The summed E-state index contributed by atoms with van der Waals surface area (Å²) in [5, 5.41) is 15.8. The second-order valence-corrected chi connectivity index (χ2v) is 4.06. The quantitative estimate of drug-likeness (QED) is 0.351. The third-order valence-electron chi connectivity index (χ3n) is 2.22. The fourth-order valence-corrected chi connectivity index (χ4v) is 1.25. The molecule has 0 aliphatic rings. The third kappa shape index (κ3) is 8.72. The first-order valence-corrected chi connectivity index (χ1v) is 6.19. The average Bonchev–Trinajstić information content (AvgIpc) is 2.34. The smallest absolute Gasteiger partial charge is 0.326 e. The zero-order valence-electron chi connectivity index (χ0n) is 11.3. The summed E-state index contributed by atoms with van der Waals surface area (Å²) in [7, 11) is 0. The Morgan fingerprint density at radius 1 is 1.15 bits per heavy atom. The van der Waals surface area contributed by atoms with Gasteiger partial charge in [-0.1, -0.05) is 6.92 Å². The van der Waals surface area contributed by atoms with Gasteiger partial charge in [0, 0.05) is 19.5 Å². The molecule has 1 atom stereocenters. The number of carboxylic acids is 1. The van der Waals surface area contributed by atoms with Crippen LogP contribution in [0.1, 0.15) is 26.2 Å². The molecular weight excluding hydrogens is 268 g/mol. The Kier molecular flexibility index (Phi) is 8.48. The molecule has 0 aliphatic carbocycles. The van der Waals surface area contributed by atoms with Crippen LogP contribution in [-0.4, -0.2) is 48.1 Å². The Morgan fingerprint density at radius 3 is 2.30 bits per heavy atom. The Balaban J connectivity index is 3.99. The zero-order chi connectivity index (χ0) is 15.5.